The van der Waals surface area contributed by atoms with Crippen LogP contribution >= 0.6 is 0 Å². The minimum Gasteiger partial charge on any atom is -0.494 e. The molecule has 2 aliphatic carbocycles. The number of hydrogen-bond donors (Lipinski definition) is 0. The van der Waals surface area contributed by atoms with Gasteiger partial charge in [-0.05, 0) is 194 Å². The molecule has 2 saturated heterocycles. The molecule has 0 bridgehead atoms. The Hall–Kier alpha value is -5.25. The highest BCUT2D eigenvalue weighted by Gasteiger charge is 2.45. The van der Waals surface area contributed by atoms with Gasteiger partial charge in [0.05, 0.1) is 44.1 Å². The normalized spacial score (nSPS) is 21.2. The number of allylic oxidation sites excluding steroid dienone is 6. The molecule has 2 aliphatic heterocycles. The highest BCUT2D eigenvalue weighted by molar-refractivity contribution is 5.90. The SMILES string of the molecule is CC1C=C(OC(=O)c2ccc(OCCCCCCOCCCC(=O)OC3CC(C)(C)N(C)C(C)(C)C3)cc2)C=CC(OC(=O)C2C=CC(OCCCCCCOC(=O)CCC(=O)OC3CC(C)(C)N(C)C(C)(C)C3)=CC2)=C1. The molecular formula is C62H92N2O13. The monoisotopic (exact) mass is 1070 g/mol. The molecule has 1 aromatic carbocycles. The number of rotatable bonds is 29. The zero-order valence-corrected chi connectivity index (χ0v) is 48.4. The van der Waals surface area contributed by atoms with Crippen LogP contribution in [0.5, 0.6) is 5.75 Å². The lowest BCUT2D eigenvalue weighted by atomic mass is 9.78. The van der Waals surface area contributed by atoms with Crippen LogP contribution in [0, 0.1) is 11.8 Å². The van der Waals surface area contributed by atoms with E-state index in [2.05, 4.69) is 79.3 Å². The van der Waals surface area contributed by atoms with Crippen molar-refractivity contribution in [3.05, 3.63) is 89.6 Å². The summed E-state index contributed by atoms with van der Waals surface area (Å²) in [6.45, 7) is 21.9. The molecule has 2 heterocycles. The summed E-state index contributed by atoms with van der Waals surface area (Å²) in [4.78, 5) is 68.2. The van der Waals surface area contributed by atoms with Gasteiger partial charge < -0.3 is 37.9 Å². The van der Waals surface area contributed by atoms with E-state index in [9.17, 15) is 24.0 Å². The van der Waals surface area contributed by atoms with E-state index in [1.807, 2.05) is 13.0 Å². The van der Waals surface area contributed by atoms with Crippen molar-refractivity contribution in [3.8, 4) is 5.75 Å². The average molecular weight is 1070 g/mol. The molecule has 5 rings (SSSR count). The Balaban J connectivity index is 0.852. The van der Waals surface area contributed by atoms with Crippen molar-refractivity contribution < 1.29 is 61.9 Å². The number of likely N-dealkylation sites (tertiary alicyclic amines) is 2. The quantitative estimate of drug-likeness (QED) is 0.0422. The van der Waals surface area contributed by atoms with Gasteiger partial charge >= 0.3 is 29.8 Å². The zero-order chi connectivity index (χ0) is 56.2. The summed E-state index contributed by atoms with van der Waals surface area (Å²) in [5.74, 6) is -0.348. The fourth-order valence-corrected chi connectivity index (χ4v) is 10.6. The Kier molecular flexibility index (Phi) is 24.1. The van der Waals surface area contributed by atoms with Crippen LogP contribution in [0.2, 0.25) is 0 Å². The topological polar surface area (TPSA) is 166 Å². The Morgan fingerprint density at radius 3 is 1.56 bits per heavy atom. The van der Waals surface area contributed by atoms with Crippen molar-refractivity contribution in [1.29, 1.82) is 0 Å². The molecule has 15 nitrogen and oxygen atoms in total. The minimum absolute atomic E-state index is 0.0115. The summed E-state index contributed by atoms with van der Waals surface area (Å²) < 4.78 is 46.0. The molecule has 0 radical (unpaired) electrons. The molecule has 0 aromatic heterocycles. The number of carbonyl (C=O) groups is 5. The lowest BCUT2D eigenvalue weighted by Crippen LogP contribution is -2.60. The molecular weight excluding hydrogens is 981 g/mol. The third-order valence-corrected chi connectivity index (χ3v) is 15.5. The molecule has 77 heavy (non-hydrogen) atoms. The van der Waals surface area contributed by atoms with Gasteiger partial charge in [-0.1, -0.05) is 19.4 Å². The summed E-state index contributed by atoms with van der Waals surface area (Å²) in [5.41, 5.74) is 0.158. The van der Waals surface area contributed by atoms with E-state index in [0.29, 0.717) is 80.9 Å². The van der Waals surface area contributed by atoms with Gasteiger partial charge in [-0.25, -0.2) is 4.79 Å². The predicted molar refractivity (Wildman–Crippen MR) is 296 cm³/mol. The molecule has 2 fully saturated rings. The predicted octanol–water partition coefficient (Wildman–Crippen LogP) is 11.8. The maximum Gasteiger partial charge on any atom is 0.343 e. The first-order chi connectivity index (χ1) is 36.4. The minimum atomic E-state index is -0.511. The molecule has 15 heteroatoms. The number of piperidine rings is 2. The van der Waals surface area contributed by atoms with Gasteiger partial charge in [0, 0.05) is 67.5 Å². The molecule has 2 unspecified atom stereocenters. The van der Waals surface area contributed by atoms with Gasteiger partial charge in [-0.15, -0.1) is 0 Å². The number of nitrogens with zero attached hydrogens (tertiary/aromatic N) is 2. The number of ether oxygens (including phenoxy) is 8. The van der Waals surface area contributed by atoms with Crippen molar-refractivity contribution in [2.45, 2.75) is 206 Å². The van der Waals surface area contributed by atoms with Crippen LogP contribution in [0.15, 0.2) is 84.1 Å². The molecule has 0 amide bonds. The Morgan fingerprint density at radius 1 is 0.532 bits per heavy atom. The Labute approximate surface area is 460 Å². The third-order valence-electron chi connectivity index (χ3n) is 15.5. The Bertz CT molecular complexity index is 2240. The zero-order valence-electron chi connectivity index (χ0n) is 48.4. The van der Waals surface area contributed by atoms with Gasteiger partial charge in [0.15, 0.2) is 0 Å². The summed E-state index contributed by atoms with van der Waals surface area (Å²) in [7, 11) is 4.25. The van der Waals surface area contributed by atoms with Gasteiger partial charge in [-0.3, -0.25) is 29.0 Å². The Morgan fingerprint density at radius 2 is 1.01 bits per heavy atom. The molecule has 4 aliphatic rings. The molecule has 2 atom stereocenters. The summed E-state index contributed by atoms with van der Waals surface area (Å²) >= 11 is 0. The second-order valence-electron chi connectivity index (χ2n) is 23.8. The number of esters is 5. The summed E-state index contributed by atoms with van der Waals surface area (Å²) in [6, 6.07) is 6.87. The molecule has 0 N–H and O–H groups in total. The largest absolute Gasteiger partial charge is 0.494 e. The van der Waals surface area contributed by atoms with Crippen molar-refractivity contribution in [3.63, 3.8) is 0 Å². The van der Waals surface area contributed by atoms with Crippen LogP contribution in [0.3, 0.4) is 0 Å². The van der Waals surface area contributed by atoms with E-state index >= 15 is 0 Å². The van der Waals surface area contributed by atoms with Crippen LogP contribution in [0.25, 0.3) is 0 Å². The van der Waals surface area contributed by atoms with E-state index < -0.39 is 17.9 Å². The lowest BCUT2D eigenvalue weighted by Gasteiger charge is -2.53. The number of unbranched alkanes of at least 4 members (excludes halogenated alkanes) is 6. The van der Waals surface area contributed by atoms with Gasteiger partial charge in [-0.2, -0.15) is 0 Å². The van der Waals surface area contributed by atoms with Gasteiger partial charge in [0.25, 0.3) is 0 Å². The van der Waals surface area contributed by atoms with Crippen LogP contribution in [-0.2, 0) is 52.3 Å². The van der Waals surface area contributed by atoms with Crippen molar-refractivity contribution in [2.75, 3.05) is 47.1 Å². The van der Waals surface area contributed by atoms with E-state index in [0.717, 1.165) is 77.0 Å². The maximum absolute atomic E-state index is 13.1. The highest BCUT2D eigenvalue weighted by atomic mass is 16.6. The van der Waals surface area contributed by atoms with E-state index in [1.54, 1.807) is 60.7 Å². The summed E-state index contributed by atoms with van der Waals surface area (Å²) in [5, 5.41) is 0. The fourth-order valence-electron chi connectivity index (χ4n) is 10.6. The van der Waals surface area contributed by atoms with Crippen LogP contribution in [0.4, 0.5) is 0 Å². The van der Waals surface area contributed by atoms with E-state index in [1.165, 1.54) is 0 Å². The summed E-state index contributed by atoms with van der Waals surface area (Å²) in [6.07, 6.45) is 23.9. The molecule has 0 spiro atoms. The molecule has 0 saturated carbocycles. The standard InChI is InChI=1S/C62H92N2O13/c1-45-39-50(76-57(68)46-22-26-48(27-23-46)71-36-17-13-12-16-34-70-35-20-21-55(66)74-52-41-59(2,3)63(10)60(4,5)42-52)30-31-51(40-45)77-58(69)47-24-28-49(29-25-47)72-37-18-14-15-19-38-73-54(65)32-33-56(67)75-53-43-61(6,7)64(11)62(8,9)44-53/h22-24,26-31,39-40,45,47,52-53H,12-21,25,32-38,41-44H2,1-11H3. The van der Waals surface area contributed by atoms with Crippen molar-refractivity contribution in [2.24, 2.45) is 11.8 Å². The lowest BCUT2D eigenvalue weighted by molar-refractivity contribution is -0.161. The maximum atomic E-state index is 13.1. The fraction of sp³-hybridized carbons (Fsp3) is 0.661. The second kappa shape index (κ2) is 29.6. The number of benzene rings is 1. The van der Waals surface area contributed by atoms with E-state index in [-0.39, 0.29) is 71.0 Å². The first-order valence-electron chi connectivity index (χ1n) is 28.3. The molecule has 428 valence electrons. The van der Waals surface area contributed by atoms with E-state index in [4.69, 9.17) is 37.9 Å². The van der Waals surface area contributed by atoms with Gasteiger partial charge in [0.1, 0.15) is 35.2 Å². The number of carbonyl (C=O) groups excluding carboxylic acids is 5. The third kappa shape index (κ3) is 21.1. The average Bonchev–Trinajstić information content (AvgIpc) is 3.55. The molecule has 1 aromatic rings. The van der Waals surface area contributed by atoms with Crippen LogP contribution in [0.1, 0.15) is 182 Å². The smallest absolute Gasteiger partial charge is 0.343 e. The number of hydrogen-bond acceptors (Lipinski definition) is 15. The van der Waals surface area contributed by atoms with Gasteiger partial charge in [0.2, 0.25) is 0 Å². The highest BCUT2D eigenvalue weighted by Crippen LogP contribution is 2.39. The first-order valence-corrected chi connectivity index (χ1v) is 28.3. The first kappa shape index (κ1) is 62.6. The second-order valence-corrected chi connectivity index (χ2v) is 23.8. The van der Waals surface area contributed by atoms with Crippen LogP contribution < -0.4 is 4.74 Å². The van der Waals surface area contributed by atoms with Crippen molar-refractivity contribution >= 4 is 29.8 Å². The van der Waals surface area contributed by atoms with Crippen molar-refractivity contribution in [1.82, 2.24) is 9.80 Å². The van der Waals surface area contributed by atoms with Crippen LogP contribution in [-0.4, -0.2) is 121 Å².